The zero-order chi connectivity index (χ0) is 13.9. The molecule has 0 aliphatic carbocycles. The summed E-state index contributed by atoms with van der Waals surface area (Å²) in [4.78, 5) is 11.7. The van der Waals surface area contributed by atoms with Crippen molar-refractivity contribution in [1.82, 2.24) is 5.32 Å². The summed E-state index contributed by atoms with van der Waals surface area (Å²) < 4.78 is 0. The average molecular weight is 310 g/mol. The van der Waals surface area contributed by atoms with Crippen LogP contribution in [0.15, 0.2) is 12.1 Å². The summed E-state index contributed by atoms with van der Waals surface area (Å²) in [5.41, 5.74) is 0.244. The first-order valence-electron chi connectivity index (χ1n) is 5.38. The molecule has 0 unspecified atom stereocenters. The fourth-order valence-corrected chi connectivity index (χ4v) is 2.10. The van der Waals surface area contributed by atoms with Crippen molar-refractivity contribution in [1.29, 1.82) is 0 Å². The third kappa shape index (κ3) is 5.02. The van der Waals surface area contributed by atoms with E-state index < -0.39 is 0 Å². The lowest BCUT2D eigenvalue weighted by atomic mass is 10.1. The van der Waals surface area contributed by atoms with Crippen LogP contribution in [0.3, 0.4) is 0 Å². The summed E-state index contributed by atoms with van der Waals surface area (Å²) in [6.07, 6.45) is 0. The Morgan fingerprint density at radius 1 is 1.17 bits per heavy atom. The van der Waals surface area contributed by atoms with Gasteiger partial charge in [0.1, 0.15) is 0 Å². The van der Waals surface area contributed by atoms with E-state index in [1.165, 1.54) is 12.1 Å². The lowest BCUT2D eigenvalue weighted by Crippen LogP contribution is -2.41. The number of anilines is 1. The van der Waals surface area contributed by atoms with Gasteiger partial charge in [-0.25, -0.2) is 0 Å². The molecule has 0 aliphatic rings. The number of hydrogen-bond donors (Lipinski definition) is 2. The summed E-state index contributed by atoms with van der Waals surface area (Å²) >= 11 is 17.7. The molecule has 0 radical (unpaired) electrons. The van der Waals surface area contributed by atoms with E-state index in [0.29, 0.717) is 20.8 Å². The Hall–Kier alpha value is -0.480. The minimum Gasteiger partial charge on any atom is -0.322 e. The number of hydrogen-bond acceptors (Lipinski definition) is 2. The second-order valence-electron chi connectivity index (χ2n) is 4.90. The fourth-order valence-electron chi connectivity index (χ4n) is 1.19. The second kappa shape index (κ2) is 6.11. The molecule has 1 rings (SSSR count). The Morgan fingerprint density at radius 3 is 2.11 bits per heavy atom. The molecule has 0 aromatic heterocycles. The van der Waals surface area contributed by atoms with Crippen molar-refractivity contribution in [2.75, 3.05) is 11.9 Å². The molecule has 18 heavy (non-hydrogen) atoms. The fraction of sp³-hybridized carbons (Fsp3) is 0.417. The van der Waals surface area contributed by atoms with E-state index in [1.54, 1.807) is 0 Å². The van der Waals surface area contributed by atoms with Crippen LogP contribution in [0.2, 0.25) is 15.1 Å². The van der Waals surface area contributed by atoms with Crippen LogP contribution in [0.1, 0.15) is 20.8 Å². The summed E-state index contributed by atoms with van der Waals surface area (Å²) in [7, 11) is 0. The monoisotopic (exact) mass is 308 g/mol. The van der Waals surface area contributed by atoms with Crippen molar-refractivity contribution in [2.45, 2.75) is 26.3 Å². The summed E-state index contributed by atoms with van der Waals surface area (Å²) in [6.45, 7) is 6.10. The quantitative estimate of drug-likeness (QED) is 0.887. The van der Waals surface area contributed by atoms with Crippen LogP contribution in [0.25, 0.3) is 0 Å². The predicted octanol–water partition coefficient (Wildman–Crippen LogP) is 3.97. The third-order valence-corrected chi connectivity index (χ3v) is 2.86. The second-order valence-corrected chi connectivity index (χ2v) is 6.15. The Bertz CT molecular complexity index is 432. The van der Waals surface area contributed by atoms with E-state index in [-0.39, 0.29) is 18.0 Å². The van der Waals surface area contributed by atoms with E-state index in [4.69, 9.17) is 34.8 Å². The lowest BCUT2D eigenvalue weighted by Gasteiger charge is -2.20. The van der Waals surface area contributed by atoms with E-state index in [2.05, 4.69) is 10.6 Å². The number of rotatable bonds is 3. The van der Waals surface area contributed by atoms with Crippen molar-refractivity contribution in [3.05, 3.63) is 27.2 Å². The van der Waals surface area contributed by atoms with Crippen LogP contribution in [-0.2, 0) is 4.79 Å². The first-order chi connectivity index (χ1) is 8.19. The Balaban J connectivity index is 2.71. The average Bonchev–Trinajstić information content (AvgIpc) is 2.19. The molecule has 100 valence electrons. The number of carbonyl (C=O) groups excluding carboxylic acids is 1. The van der Waals surface area contributed by atoms with Gasteiger partial charge in [0.05, 0.1) is 22.3 Å². The number of amides is 1. The number of carbonyl (C=O) groups is 1. The topological polar surface area (TPSA) is 41.1 Å². The predicted molar refractivity (Wildman–Crippen MR) is 77.9 cm³/mol. The largest absolute Gasteiger partial charge is 0.322 e. The van der Waals surface area contributed by atoms with Gasteiger partial charge in [-0.15, -0.1) is 0 Å². The van der Waals surface area contributed by atoms with E-state index in [9.17, 15) is 4.79 Å². The summed E-state index contributed by atoms with van der Waals surface area (Å²) in [5.74, 6) is -0.212. The maximum Gasteiger partial charge on any atom is 0.238 e. The van der Waals surface area contributed by atoms with Crippen molar-refractivity contribution in [3.8, 4) is 0 Å². The molecule has 0 bridgehead atoms. The Kier molecular flexibility index (Phi) is 5.29. The van der Waals surface area contributed by atoms with E-state index in [1.807, 2.05) is 20.8 Å². The molecule has 0 aliphatic heterocycles. The molecule has 2 N–H and O–H groups in total. The minimum absolute atomic E-state index is 0.134. The van der Waals surface area contributed by atoms with E-state index in [0.717, 1.165) is 0 Å². The highest BCUT2D eigenvalue weighted by molar-refractivity contribution is 6.42. The molecular formula is C12H15Cl3N2O. The number of halogens is 3. The molecular weight excluding hydrogens is 295 g/mol. The molecule has 0 saturated heterocycles. The number of nitrogens with one attached hydrogen (secondary N) is 2. The van der Waals surface area contributed by atoms with Gasteiger partial charge in [-0.05, 0) is 32.9 Å². The van der Waals surface area contributed by atoms with Gasteiger partial charge in [0.2, 0.25) is 5.91 Å². The van der Waals surface area contributed by atoms with Crippen molar-refractivity contribution in [2.24, 2.45) is 0 Å². The Morgan fingerprint density at radius 2 is 1.67 bits per heavy atom. The molecule has 6 heteroatoms. The van der Waals surface area contributed by atoms with Gasteiger partial charge in [-0.2, -0.15) is 0 Å². The molecule has 0 atom stereocenters. The van der Waals surface area contributed by atoms with E-state index >= 15 is 0 Å². The van der Waals surface area contributed by atoms with Crippen LogP contribution in [0, 0.1) is 0 Å². The molecule has 0 fully saturated rings. The molecule has 0 heterocycles. The molecule has 3 nitrogen and oxygen atoms in total. The number of benzene rings is 1. The van der Waals surface area contributed by atoms with Crippen molar-refractivity contribution < 1.29 is 4.79 Å². The summed E-state index contributed by atoms with van der Waals surface area (Å²) in [6, 6.07) is 3.06. The highest BCUT2D eigenvalue weighted by Crippen LogP contribution is 2.33. The van der Waals surface area contributed by atoms with Gasteiger partial charge in [-0.1, -0.05) is 34.8 Å². The summed E-state index contributed by atoms with van der Waals surface area (Å²) in [5, 5.41) is 6.78. The Labute approximate surface area is 122 Å². The van der Waals surface area contributed by atoms with Crippen LogP contribution >= 0.6 is 34.8 Å². The maximum absolute atomic E-state index is 11.7. The minimum atomic E-state index is -0.212. The maximum atomic E-state index is 11.7. The molecule has 1 amide bonds. The zero-order valence-corrected chi connectivity index (χ0v) is 12.7. The van der Waals surface area contributed by atoms with Gasteiger partial charge < -0.3 is 10.6 Å². The van der Waals surface area contributed by atoms with Gasteiger partial charge in [0.25, 0.3) is 0 Å². The van der Waals surface area contributed by atoms with Gasteiger partial charge in [0, 0.05) is 10.6 Å². The smallest absolute Gasteiger partial charge is 0.238 e. The molecule has 0 spiro atoms. The van der Waals surface area contributed by atoms with Gasteiger partial charge in [-0.3, -0.25) is 4.79 Å². The SMILES string of the molecule is CC(C)(C)NCC(=O)Nc1c(Cl)cc(Cl)cc1Cl. The van der Waals surface area contributed by atoms with Gasteiger partial charge in [0.15, 0.2) is 0 Å². The van der Waals surface area contributed by atoms with Crippen molar-refractivity contribution >= 4 is 46.4 Å². The lowest BCUT2D eigenvalue weighted by molar-refractivity contribution is -0.115. The molecule has 0 saturated carbocycles. The zero-order valence-electron chi connectivity index (χ0n) is 10.4. The molecule has 1 aromatic carbocycles. The van der Waals surface area contributed by atoms with Crippen LogP contribution in [0.5, 0.6) is 0 Å². The third-order valence-electron chi connectivity index (χ3n) is 2.05. The first kappa shape index (κ1) is 15.6. The van der Waals surface area contributed by atoms with Crippen LogP contribution in [-0.4, -0.2) is 18.0 Å². The molecule has 1 aromatic rings. The highest BCUT2D eigenvalue weighted by atomic mass is 35.5. The van der Waals surface area contributed by atoms with Crippen molar-refractivity contribution in [3.63, 3.8) is 0 Å². The van der Waals surface area contributed by atoms with Crippen LogP contribution in [0.4, 0.5) is 5.69 Å². The highest BCUT2D eigenvalue weighted by Gasteiger charge is 2.14. The standard InChI is InChI=1S/C12H15Cl3N2O/c1-12(2,3)16-6-10(18)17-11-8(14)4-7(13)5-9(11)15/h4-5,16H,6H2,1-3H3,(H,17,18). The van der Waals surface area contributed by atoms with Gasteiger partial charge >= 0.3 is 0 Å². The normalized spacial score (nSPS) is 11.4. The first-order valence-corrected chi connectivity index (χ1v) is 6.52. The van der Waals surface area contributed by atoms with Crippen LogP contribution < -0.4 is 10.6 Å².